The number of nitrogens with one attached hydrogen (secondary N) is 1. The average Bonchev–Trinajstić information content (AvgIpc) is 2.74. The Morgan fingerprint density at radius 2 is 2.11 bits per heavy atom. The molecule has 1 N–H and O–H groups in total. The first kappa shape index (κ1) is 15.0. The molecule has 0 radical (unpaired) electrons. The van der Waals surface area contributed by atoms with Gasteiger partial charge in [0.15, 0.2) is 0 Å². The lowest BCUT2D eigenvalue weighted by Gasteiger charge is -2.25. The molecule has 1 heterocycles. The van der Waals surface area contributed by atoms with Gasteiger partial charge in [-0.3, -0.25) is 14.5 Å². The molecule has 1 fully saturated rings. The fraction of sp³-hybridized carbons (Fsp3) is 0.846. The summed E-state index contributed by atoms with van der Waals surface area (Å²) in [5, 5.41) is 2.97. The molecule has 0 aromatic carbocycles. The Hall–Kier alpha value is -1.10. The minimum absolute atomic E-state index is 0.0256. The lowest BCUT2D eigenvalue weighted by molar-refractivity contribution is -0.141. The van der Waals surface area contributed by atoms with Crippen LogP contribution in [0.25, 0.3) is 0 Å². The second-order valence-corrected chi connectivity index (χ2v) is 5.28. The molecule has 5 heteroatoms. The molecule has 0 bridgehead atoms. The van der Waals surface area contributed by atoms with E-state index in [1.54, 1.807) is 0 Å². The molecule has 1 rings (SSSR count). The van der Waals surface area contributed by atoms with Gasteiger partial charge in [-0.05, 0) is 32.4 Å². The second kappa shape index (κ2) is 6.73. The van der Waals surface area contributed by atoms with Crippen LogP contribution in [0.2, 0.25) is 0 Å². The number of nitrogens with zero attached hydrogens (tertiary/aromatic N) is 1. The molecule has 1 amide bonds. The van der Waals surface area contributed by atoms with Crippen molar-refractivity contribution in [3.63, 3.8) is 0 Å². The molecule has 0 aliphatic carbocycles. The Labute approximate surface area is 109 Å². The van der Waals surface area contributed by atoms with Crippen LogP contribution in [0, 0.1) is 5.92 Å². The van der Waals surface area contributed by atoms with Gasteiger partial charge >= 0.3 is 5.97 Å². The summed E-state index contributed by atoms with van der Waals surface area (Å²) in [4.78, 5) is 25.5. The molecule has 1 saturated heterocycles. The molecule has 0 spiro atoms. The molecule has 0 saturated carbocycles. The summed E-state index contributed by atoms with van der Waals surface area (Å²) in [7, 11) is 3.33. The van der Waals surface area contributed by atoms with Crippen molar-refractivity contribution in [1.82, 2.24) is 10.2 Å². The second-order valence-electron chi connectivity index (χ2n) is 5.28. The summed E-state index contributed by atoms with van der Waals surface area (Å²) in [6.07, 6.45) is 2.18. The molecule has 104 valence electrons. The number of likely N-dealkylation sites (tertiary alicyclic amines) is 1. The molecule has 5 nitrogen and oxygen atoms in total. The van der Waals surface area contributed by atoms with Crippen LogP contribution >= 0.6 is 0 Å². The normalized spacial score (nSPS) is 21.9. The van der Waals surface area contributed by atoms with E-state index in [1.165, 1.54) is 7.11 Å². The third kappa shape index (κ3) is 3.98. The van der Waals surface area contributed by atoms with Crippen molar-refractivity contribution in [2.45, 2.75) is 45.2 Å². The number of ether oxygens (including phenoxy) is 1. The van der Waals surface area contributed by atoms with Crippen molar-refractivity contribution in [1.29, 1.82) is 0 Å². The van der Waals surface area contributed by atoms with Crippen LogP contribution in [0.5, 0.6) is 0 Å². The van der Waals surface area contributed by atoms with Gasteiger partial charge in [0.25, 0.3) is 0 Å². The summed E-state index contributed by atoms with van der Waals surface area (Å²) >= 11 is 0. The molecular formula is C13H24N2O3. The van der Waals surface area contributed by atoms with Crippen LogP contribution in [0.1, 0.15) is 33.1 Å². The minimum Gasteiger partial charge on any atom is -0.469 e. The van der Waals surface area contributed by atoms with E-state index in [0.29, 0.717) is 0 Å². The highest BCUT2D eigenvalue weighted by Crippen LogP contribution is 2.16. The van der Waals surface area contributed by atoms with E-state index in [0.717, 1.165) is 19.4 Å². The van der Waals surface area contributed by atoms with Crippen molar-refractivity contribution in [3.8, 4) is 0 Å². The maximum atomic E-state index is 12.1. The molecule has 0 aromatic rings. The highest BCUT2D eigenvalue weighted by atomic mass is 16.5. The van der Waals surface area contributed by atoms with Crippen molar-refractivity contribution in [2.75, 3.05) is 20.7 Å². The third-order valence-corrected chi connectivity index (χ3v) is 3.57. The number of hydrogen-bond donors (Lipinski definition) is 1. The van der Waals surface area contributed by atoms with Gasteiger partial charge in [-0.2, -0.15) is 0 Å². The van der Waals surface area contributed by atoms with Crippen LogP contribution in [0.4, 0.5) is 0 Å². The van der Waals surface area contributed by atoms with E-state index in [1.807, 2.05) is 20.9 Å². The largest absolute Gasteiger partial charge is 0.469 e. The van der Waals surface area contributed by atoms with Crippen molar-refractivity contribution < 1.29 is 14.3 Å². The lowest BCUT2D eigenvalue weighted by atomic mass is 10.0. The summed E-state index contributed by atoms with van der Waals surface area (Å²) in [6, 6.07) is -0.206. The van der Waals surface area contributed by atoms with Gasteiger partial charge in [0.1, 0.15) is 0 Å². The predicted molar refractivity (Wildman–Crippen MR) is 69.1 cm³/mol. The van der Waals surface area contributed by atoms with E-state index in [-0.39, 0.29) is 36.3 Å². The molecule has 18 heavy (non-hydrogen) atoms. The quantitative estimate of drug-likeness (QED) is 0.739. The Morgan fingerprint density at radius 1 is 1.44 bits per heavy atom. The number of methoxy groups -OCH3 is 1. The van der Waals surface area contributed by atoms with Crippen molar-refractivity contribution in [3.05, 3.63) is 0 Å². The Balaban J connectivity index is 2.55. The summed E-state index contributed by atoms with van der Waals surface area (Å²) in [5.41, 5.74) is 0. The van der Waals surface area contributed by atoms with Gasteiger partial charge in [0.2, 0.25) is 5.91 Å². The van der Waals surface area contributed by atoms with Crippen molar-refractivity contribution in [2.24, 2.45) is 5.92 Å². The Kier molecular flexibility index (Phi) is 5.59. The lowest BCUT2D eigenvalue weighted by Crippen LogP contribution is -2.48. The number of amides is 1. The molecule has 1 aliphatic heterocycles. The minimum atomic E-state index is -0.284. The van der Waals surface area contributed by atoms with Gasteiger partial charge in [-0.15, -0.1) is 0 Å². The molecule has 2 unspecified atom stereocenters. The molecular weight excluding hydrogens is 232 g/mol. The zero-order valence-electron chi connectivity index (χ0n) is 11.7. The van der Waals surface area contributed by atoms with E-state index < -0.39 is 0 Å². The van der Waals surface area contributed by atoms with E-state index in [4.69, 9.17) is 0 Å². The van der Waals surface area contributed by atoms with Gasteiger partial charge in [-0.25, -0.2) is 0 Å². The predicted octanol–water partition coefficient (Wildman–Crippen LogP) is 0.785. The number of likely N-dealkylation sites (N-methyl/N-ethyl adjacent to an activating group) is 1. The molecule has 1 aliphatic rings. The number of carbonyl (C=O) groups is 2. The van der Waals surface area contributed by atoms with Crippen LogP contribution < -0.4 is 5.32 Å². The highest BCUT2D eigenvalue weighted by Gasteiger charge is 2.30. The smallest absolute Gasteiger partial charge is 0.307 e. The SMILES string of the molecule is COC(=O)CC(NC(=O)C1CCCN1C)C(C)C. The number of hydrogen-bond acceptors (Lipinski definition) is 4. The first-order valence-corrected chi connectivity index (χ1v) is 6.53. The van der Waals surface area contributed by atoms with Crippen molar-refractivity contribution >= 4 is 11.9 Å². The Morgan fingerprint density at radius 3 is 2.56 bits per heavy atom. The number of carbonyl (C=O) groups excluding carboxylic acids is 2. The van der Waals surface area contributed by atoms with E-state index in [2.05, 4.69) is 15.0 Å². The third-order valence-electron chi connectivity index (χ3n) is 3.57. The van der Waals surface area contributed by atoms with Gasteiger partial charge in [0.05, 0.1) is 19.6 Å². The molecule has 2 atom stereocenters. The van der Waals surface area contributed by atoms with Crippen LogP contribution in [-0.4, -0.2) is 49.6 Å². The summed E-state index contributed by atoms with van der Waals surface area (Å²) in [6.45, 7) is 4.94. The van der Waals surface area contributed by atoms with Gasteiger partial charge < -0.3 is 10.1 Å². The monoisotopic (exact) mass is 256 g/mol. The highest BCUT2D eigenvalue weighted by molar-refractivity contribution is 5.83. The average molecular weight is 256 g/mol. The standard InChI is InChI=1S/C13H24N2O3/c1-9(2)10(8-12(16)18-4)14-13(17)11-6-5-7-15(11)3/h9-11H,5-8H2,1-4H3,(H,14,17). The zero-order chi connectivity index (χ0) is 13.7. The van der Waals surface area contributed by atoms with E-state index in [9.17, 15) is 9.59 Å². The van der Waals surface area contributed by atoms with Gasteiger partial charge in [0, 0.05) is 6.04 Å². The zero-order valence-corrected chi connectivity index (χ0v) is 11.7. The fourth-order valence-electron chi connectivity index (χ4n) is 2.24. The molecule has 0 aromatic heterocycles. The van der Waals surface area contributed by atoms with Gasteiger partial charge in [-0.1, -0.05) is 13.8 Å². The van der Waals surface area contributed by atoms with E-state index >= 15 is 0 Å². The maximum Gasteiger partial charge on any atom is 0.307 e. The first-order chi connectivity index (χ1) is 8.45. The topological polar surface area (TPSA) is 58.6 Å². The van der Waals surface area contributed by atoms with Crippen LogP contribution in [0.3, 0.4) is 0 Å². The van der Waals surface area contributed by atoms with Crippen LogP contribution in [0.15, 0.2) is 0 Å². The van der Waals surface area contributed by atoms with Crippen LogP contribution in [-0.2, 0) is 14.3 Å². The maximum absolute atomic E-state index is 12.1. The summed E-state index contributed by atoms with van der Waals surface area (Å²) in [5.74, 6) is -0.0499. The number of rotatable bonds is 5. The number of esters is 1. The Bertz CT molecular complexity index is 305. The first-order valence-electron chi connectivity index (χ1n) is 6.53. The fourth-order valence-corrected chi connectivity index (χ4v) is 2.24. The summed E-state index contributed by atoms with van der Waals surface area (Å²) < 4.78 is 4.66.